The molecule has 0 bridgehead atoms. The van der Waals surface area contributed by atoms with Crippen molar-refractivity contribution in [3.8, 4) is 22.7 Å². The quantitative estimate of drug-likeness (QED) is 0.150. The van der Waals surface area contributed by atoms with Crippen molar-refractivity contribution in [2.75, 3.05) is 30.8 Å². The number of anilines is 1. The van der Waals surface area contributed by atoms with Gasteiger partial charge < -0.3 is 14.5 Å². The van der Waals surface area contributed by atoms with Gasteiger partial charge in [-0.3, -0.25) is 9.59 Å². The molecule has 15 heteroatoms. The molecule has 1 aliphatic heterocycles. The Kier molecular flexibility index (Phi) is 8.81. The van der Waals surface area contributed by atoms with Crippen LogP contribution in [-0.2, 0) is 19.4 Å². The molecule has 2 aliphatic rings. The van der Waals surface area contributed by atoms with Crippen molar-refractivity contribution < 1.29 is 31.5 Å². The van der Waals surface area contributed by atoms with Crippen molar-refractivity contribution in [3.05, 3.63) is 76.9 Å². The molecule has 1 aromatic carbocycles. The third-order valence-electron chi connectivity index (χ3n) is 8.64. The fourth-order valence-electron chi connectivity index (χ4n) is 6.04. The highest BCUT2D eigenvalue weighted by molar-refractivity contribution is 7.90. The van der Waals surface area contributed by atoms with Crippen LogP contribution in [0.2, 0.25) is 0 Å². The molecule has 1 atom stereocenters. The highest BCUT2D eigenvalue weighted by Crippen LogP contribution is 2.39. The number of hydrogen-bond acceptors (Lipinski definition) is 10. The van der Waals surface area contributed by atoms with Crippen molar-refractivity contribution in [2.24, 2.45) is 5.92 Å². The fraction of sp³-hybridized carbons (Fsp3) is 0.353. The number of benzene rings is 1. The van der Waals surface area contributed by atoms with Gasteiger partial charge in [0.25, 0.3) is 0 Å². The van der Waals surface area contributed by atoms with Crippen molar-refractivity contribution in [1.29, 1.82) is 0 Å². The number of rotatable bonds is 8. The molecule has 0 spiro atoms. The Morgan fingerprint density at radius 2 is 1.84 bits per heavy atom. The molecule has 0 radical (unpaired) electrons. The van der Waals surface area contributed by atoms with Crippen LogP contribution in [0, 0.1) is 17.6 Å². The van der Waals surface area contributed by atoms with E-state index >= 15 is 8.78 Å². The van der Waals surface area contributed by atoms with Crippen molar-refractivity contribution in [2.45, 2.75) is 50.6 Å². The number of carbonyl (C=O) groups is 2. The Balaban J connectivity index is 1.67. The van der Waals surface area contributed by atoms with Gasteiger partial charge in [-0.25, -0.2) is 36.5 Å². The first-order valence-electron chi connectivity index (χ1n) is 15.7. The SMILES string of the molecule is C=CC(=O)N1CCN(c2nc(=O)n(-c3c(C(C)C)ccnc3S(C)(=O)=O)c3nc(-c4c(F)cccc4OC(=O)C4CC4)c(F)cc23)[C@@H](C)C1. The van der Waals surface area contributed by atoms with Gasteiger partial charge in [-0.15, -0.1) is 0 Å². The molecule has 1 amide bonds. The second-order valence-electron chi connectivity index (χ2n) is 12.6. The molecule has 3 aromatic heterocycles. The number of aromatic nitrogens is 4. The van der Waals surface area contributed by atoms with Crippen LogP contribution >= 0.6 is 0 Å². The standard InChI is InChI=1S/C34H34F2N6O6S/c1-6-26(43)40-14-15-41(19(4)17-40)30-22-16-24(36)28(27-23(35)8-7-9-25(27)48-33(44)20-10-11-20)38-31(22)42(34(45)39-30)29-21(18(2)3)12-13-37-32(29)49(5,46)47/h6-9,12-13,16,18-20H,1,10-11,14-15,17H2,2-5H3/t19-/m0/s1. The van der Waals surface area contributed by atoms with Crippen molar-refractivity contribution >= 4 is 38.6 Å². The Bertz CT molecular complexity index is 2200. The van der Waals surface area contributed by atoms with E-state index in [1.54, 1.807) is 36.6 Å². The minimum atomic E-state index is -4.05. The summed E-state index contributed by atoms with van der Waals surface area (Å²) in [7, 11) is -4.05. The van der Waals surface area contributed by atoms with Crippen LogP contribution in [0.15, 0.2) is 59.0 Å². The number of sulfone groups is 1. The summed E-state index contributed by atoms with van der Waals surface area (Å²) in [6.45, 7) is 9.64. The zero-order chi connectivity index (χ0) is 35.4. The third kappa shape index (κ3) is 6.30. The average molecular weight is 693 g/mol. The van der Waals surface area contributed by atoms with E-state index in [0.717, 1.165) is 23.0 Å². The summed E-state index contributed by atoms with van der Waals surface area (Å²) in [4.78, 5) is 55.5. The number of nitrogens with zero attached hydrogens (tertiary/aromatic N) is 6. The number of fused-ring (bicyclic) bond motifs is 1. The lowest BCUT2D eigenvalue weighted by atomic mass is 10.0. The van der Waals surface area contributed by atoms with Gasteiger partial charge in [-0.1, -0.05) is 26.5 Å². The number of carbonyl (C=O) groups excluding carboxylic acids is 2. The number of amides is 1. The molecule has 0 unspecified atom stereocenters. The number of piperazine rings is 1. The van der Waals surface area contributed by atoms with Crippen LogP contribution in [0.4, 0.5) is 14.6 Å². The van der Waals surface area contributed by atoms with E-state index in [9.17, 15) is 22.8 Å². The van der Waals surface area contributed by atoms with Crippen LogP contribution in [0.1, 0.15) is 45.1 Å². The lowest BCUT2D eigenvalue weighted by molar-refractivity contribution is -0.135. The maximum Gasteiger partial charge on any atom is 0.355 e. The molecule has 256 valence electrons. The molecule has 4 heterocycles. The molecule has 1 saturated heterocycles. The van der Waals surface area contributed by atoms with Gasteiger partial charge in [0, 0.05) is 38.1 Å². The Morgan fingerprint density at radius 1 is 1.10 bits per heavy atom. The predicted molar refractivity (Wildman–Crippen MR) is 177 cm³/mol. The summed E-state index contributed by atoms with van der Waals surface area (Å²) in [5.74, 6) is -3.70. The first kappa shape index (κ1) is 33.8. The van der Waals surface area contributed by atoms with Crippen molar-refractivity contribution in [1.82, 2.24) is 24.4 Å². The van der Waals surface area contributed by atoms with Gasteiger partial charge in [0.2, 0.25) is 5.91 Å². The molecule has 49 heavy (non-hydrogen) atoms. The molecular weight excluding hydrogens is 658 g/mol. The number of halogens is 2. The molecule has 6 rings (SSSR count). The normalized spacial score (nSPS) is 16.7. The summed E-state index contributed by atoms with van der Waals surface area (Å²) in [5, 5.41) is -0.415. The number of ether oxygens (including phenoxy) is 1. The Morgan fingerprint density at radius 3 is 2.47 bits per heavy atom. The third-order valence-corrected chi connectivity index (χ3v) is 9.64. The second kappa shape index (κ2) is 12.8. The summed E-state index contributed by atoms with van der Waals surface area (Å²) in [6, 6.07) is 5.91. The van der Waals surface area contributed by atoms with E-state index < -0.39 is 55.5 Å². The molecule has 2 fully saturated rings. The summed E-state index contributed by atoms with van der Waals surface area (Å²) in [6.07, 6.45) is 4.70. The first-order valence-corrected chi connectivity index (χ1v) is 17.6. The zero-order valence-electron chi connectivity index (χ0n) is 27.3. The second-order valence-corrected chi connectivity index (χ2v) is 14.5. The molecule has 4 aromatic rings. The Labute approximate surface area is 281 Å². The first-order chi connectivity index (χ1) is 23.2. The number of hydrogen-bond donors (Lipinski definition) is 0. The number of pyridine rings is 2. The van der Waals surface area contributed by atoms with Gasteiger partial charge in [-0.05, 0) is 61.6 Å². The van der Waals surface area contributed by atoms with Gasteiger partial charge in [-0.2, -0.15) is 4.98 Å². The smallest absolute Gasteiger partial charge is 0.355 e. The summed E-state index contributed by atoms with van der Waals surface area (Å²) in [5.41, 5.74) is -1.90. The zero-order valence-corrected chi connectivity index (χ0v) is 28.1. The molecule has 1 saturated carbocycles. The van der Waals surface area contributed by atoms with Crippen molar-refractivity contribution in [3.63, 3.8) is 0 Å². The van der Waals surface area contributed by atoms with E-state index in [0.29, 0.717) is 18.4 Å². The Hall–Kier alpha value is -5.05. The monoisotopic (exact) mass is 692 g/mol. The number of esters is 1. The predicted octanol–water partition coefficient (Wildman–Crippen LogP) is 4.19. The average Bonchev–Trinajstić information content (AvgIpc) is 3.90. The van der Waals surface area contributed by atoms with Crippen LogP contribution in [0.25, 0.3) is 28.0 Å². The van der Waals surface area contributed by atoms with Gasteiger partial charge >= 0.3 is 11.7 Å². The minimum absolute atomic E-state index is 0.0158. The van der Waals surface area contributed by atoms with E-state index in [1.807, 2.05) is 0 Å². The van der Waals surface area contributed by atoms with E-state index in [-0.39, 0.29) is 65.7 Å². The molecule has 12 nitrogen and oxygen atoms in total. The van der Waals surface area contributed by atoms with Gasteiger partial charge in [0.05, 0.1) is 22.6 Å². The largest absolute Gasteiger partial charge is 0.425 e. The van der Waals surface area contributed by atoms with E-state index in [2.05, 4.69) is 21.5 Å². The summed E-state index contributed by atoms with van der Waals surface area (Å²) >= 11 is 0. The maximum atomic E-state index is 16.4. The minimum Gasteiger partial charge on any atom is -0.425 e. The van der Waals surface area contributed by atoms with Crippen LogP contribution in [0.3, 0.4) is 0 Å². The van der Waals surface area contributed by atoms with Crippen LogP contribution in [0.5, 0.6) is 5.75 Å². The highest BCUT2D eigenvalue weighted by atomic mass is 32.2. The van der Waals surface area contributed by atoms with E-state index in [1.165, 1.54) is 24.4 Å². The van der Waals surface area contributed by atoms with Gasteiger partial charge in [0.1, 0.15) is 23.1 Å². The van der Waals surface area contributed by atoms with Crippen LogP contribution in [-0.4, -0.2) is 76.6 Å². The lowest BCUT2D eigenvalue weighted by Gasteiger charge is -2.40. The topological polar surface area (TPSA) is 145 Å². The summed E-state index contributed by atoms with van der Waals surface area (Å²) < 4.78 is 64.6. The van der Waals surface area contributed by atoms with E-state index in [4.69, 9.17) is 4.74 Å². The molecule has 0 N–H and O–H groups in total. The highest BCUT2D eigenvalue weighted by Gasteiger charge is 2.34. The lowest BCUT2D eigenvalue weighted by Crippen LogP contribution is -2.54. The maximum absolute atomic E-state index is 16.4. The van der Waals surface area contributed by atoms with Gasteiger partial charge in [0.15, 0.2) is 26.3 Å². The molecule has 1 aliphatic carbocycles. The molecular formula is C34H34F2N6O6S. The van der Waals surface area contributed by atoms with Crippen LogP contribution < -0.4 is 15.3 Å². The fourth-order valence-corrected chi connectivity index (χ4v) is 6.86.